The molecule has 1 unspecified atom stereocenters. The standard InChI is InChI=1S/C15H17N5.C8H16INO2S.C5H8.C2H2.CH3NO/c1-11-14(12-9-17-19(3)10-12)18-20(15(11)16-2)13-7-5-4-6-8-13;1-6-3-7(8(11)5-12-2)10(4-6)13-9;1-3-5-4-2;1-2;2-1-3/h4-10,16H,1-3H3;6-8,11H,3-5H2,1-2H3;3-5H,1H2,2H3;1-2H;1H,(H2,2,3)/b;;5-4-;;/t;6-,7-,8?;;;/m.1.../s1. The number of carbonyl (C=O) groups excluding carboxylic acids is 1. The highest BCUT2D eigenvalue weighted by molar-refractivity contribution is 14.2. The number of amides is 1. The third-order valence-corrected chi connectivity index (χ3v) is 8.16. The number of aliphatic hydroxyl groups is 1. The van der Waals surface area contributed by atoms with Gasteiger partial charge in [0.05, 0.1) is 24.6 Å². The van der Waals surface area contributed by atoms with Gasteiger partial charge in [-0.1, -0.05) is 49.9 Å². The van der Waals surface area contributed by atoms with E-state index in [9.17, 15) is 5.11 Å². The number of nitrogens with zero attached hydrogens (tertiary/aromatic N) is 5. The molecule has 0 saturated carbocycles. The smallest absolute Gasteiger partial charge is 0.204 e. The Hall–Kier alpha value is -3.09. The number of carbonyl (C=O) groups is 1. The number of hydrogen-bond acceptors (Lipinski definition) is 8. The number of benzene rings is 1. The van der Waals surface area contributed by atoms with Crippen molar-refractivity contribution < 1.29 is 14.6 Å². The monoisotopic (exact) mass is 723 g/mol. The average molecular weight is 724 g/mol. The number of hydrogen-bond donors (Lipinski definition) is 3. The number of rotatable bonds is 8. The van der Waals surface area contributed by atoms with Crippen LogP contribution in [0.4, 0.5) is 5.82 Å². The van der Waals surface area contributed by atoms with Gasteiger partial charge in [-0.15, -0.1) is 12.8 Å². The summed E-state index contributed by atoms with van der Waals surface area (Å²) in [6.07, 6.45) is 18.4. The van der Waals surface area contributed by atoms with Crippen molar-refractivity contribution in [3.05, 3.63) is 73.1 Å². The number of anilines is 1. The zero-order valence-electron chi connectivity index (χ0n) is 25.9. The Kier molecular flexibility index (Phi) is 21.7. The second-order valence-electron chi connectivity index (χ2n) is 9.22. The predicted molar refractivity (Wildman–Crippen MR) is 189 cm³/mol. The lowest BCUT2D eigenvalue weighted by Gasteiger charge is -2.24. The maximum absolute atomic E-state index is 9.78. The maximum atomic E-state index is 9.78. The van der Waals surface area contributed by atoms with Crippen molar-refractivity contribution in [2.45, 2.75) is 39.3 Å². The molecule has 3 aromatic rings. The molecular formula is C31H46IN7O3S. The van der Waals surface area contributed by atoms with E-state index in [1.54, 1.807) is 27.0 Å². The average Bonchev–Trinajstić information content (AvgIpc) is 3.72. The number of methoxy groups -OCH3 is 1. The van der Waals surface area contributed by atoms with Gasteiger partial charge in [-0.25, -0.2) is 8.99 Å². The van der Waals surface area contributed by atoms with E-state index in [2.05, 4.69) is 74.9 Å². The van der Waals surface area contributed by atoms with Crippen LogP contribution in [0.2, 0.25) is 0 Å². The molecule has 1 fully saturated rings. The van der Waals surface area contributed by atoms with Crippen molar-refractivity contribution >= 4 is 42.6 Å². The quantitative estimate of drug-likeness (QED) is 0.0926. The van der Waals surface area contributed by atoms with E-state index in [-0.39, 0.29) is 18.6 Å². The van der Waals surface area contributed by atoms with Crippen LogP contribution in [0.1, 0.15) is 25.8 Å². The minimum Gasteiger partial charge on any atom is -0.389 e. The van der Waals surface area contributed by atoms with Crippen LogP contribution in [0.3, 0.4) is 0 Å². The molecule has 1 aromatic carbocycles. The summed E-state index contributed by atoms with van der Waals surface area (Å²) in [6.45, 7) is 11.2. The van der Waals surface area contributed by atoms with Gasteiger partial charge in [-0.3, -0.25) is 9.48 Å². The summed E-state index contributed by atoms with van der Waals surface area (Å²) in [7, 11) is 7.14. The number of halogens is 1. The van der Waals surface area contributed by atoms with Crippen LogP contribution in [0.15, 0.2) is 67.5 Å². The van der Waals surface area contributed by atoms with Crippen LogP contribution in [0.25, 0.3) is 16.9 Å². The Balaban J connectivity index is 0.000000659. The molecule has 3 heterocycles. The van der Waals surface area contributed by atoms with Crippen molar-refractivity contribution in [1.82, 2.24) is 23.9 Å². The van der Waals surface area contributed by atoms with Gasteiger partial charge >= 0.3 is 0 Å². The molecule has 1 saturated heterocycles. The SMILES string of the molecule is C#C.C=C/C=C\C.CNc1c(C)c(-c2cnn(C)c2)nn1-c1ccccc1.COCC(O)[C@H]1C[C@@H](C)CN1SI.NC=O. The minimum atomic E-state index is -0.350. The van der Waals surface area contributed by atoms with Gasteiger partial charge in [0, 0.05) is 72.3 Å². The molecule has 4 rings (SSSR count). The maximum Gasteiger partial charge on any atom is 0.204 e. The summed E-state index contributed by atoms with van der Waals surface area (Å²) in [5.41, 5.74) is 8.29. The number of primary amides is 1. The molecule has 0 spiro atoms. The summed E-state index contributed by atoms with van der Waals surface area (Å²) in [4.78, 5) is 8.58. The molecule has 0 aliphatic carbocycles. The number of aliphatic hydroxyl groups excluding tert-OH is 1. The predicted octanol–water partition coefficient (Wildman–Crippen LogP) is 5.42. The first-order valence-corrected chi connectivity index (χ1v) is 16.8. The number of ether oxygens (including phenoxy) is 1. The van der Waals surface area contributed by atoms with E-state index in [4.69, 9.17) is 14.6 Å². The topological polar surface area (TPSA) is 123 Å². The van der Waals surface area contributed by atoms with Gasteiger partial charge in [-0.05, 0) is 47.4 Å². The highest BCUT2D eigenvalue weighted by Crippen LogP contribution is 2.34. The molecule has 4 N–H and O–H groups in total. The normalized spacial score (nSPS) is 16.1. The van der Waals surface area contributed by atoms with Gasteiger partial charge in [-0.2, -0.15) is 10.2 Å². The Morgan fingerprint density at radius 1 is 1.35 bits per heavy atom. The third kappa shape index (κ3) is 13.4. The van der Waals surface area contributed by atoms with E-state index in [1.807, 2.05) is 80.6 Å². The van der Waals surface area contributed by atoms with E-state index in [1.165, 1.54) is 0 Å². The fourth-order valence-corrected chi connectivity index (χ4v) is 6.25. The van der Waals surface area contributed by atoms with Crippen molar-refractivity contribution in [3.63, 3.8) is 0 Å². The molecule has 43 heavy (non-hydrogen) atoms. The number of aryl methyl sites for hydroxylation is 1. The molecule has 3 atom stereocenters. The van der Waals surface area contributed by atoms with Crippen LogP contribution in [0.5, 0.6) is 0 Å². The summed E-state index contributed by atoms with van der Waals surface area (Å²) < 4.78 is 10.9. The molecule has 236 valence electrons. The number of nitrogens with two attached hydrogens (primary N) is 1. The van der Waals surface area contributed by atoms with Crippen LogP contribution in [-0.4, -0.2) is 74.8 Å². The van der Waals surface area contributed by atoms with E-state index in [0.717, 1.165) is 41.3 Å². The third-order valence-electron chi connectivity index (χ3n) is 6.04. The second kappa shape index (κ2) is 23.4. The van der Waals surface area contributed by atoms with Gasteiger partial charge in [0.1, 0.15) is 11.5 Å². The Bertz CT molecular complexity index is 1230. The first-order chi connectivity index (χ1) is 20.7. The van der Waals surface area contributed by atoms with Gasteiger partial charge in [0.15, 0.2) is 0 Å². The van der Waals surface area contributed by atoms with Crippen LogP contribution in [-0.2, 0) is 16.6 Å². The fraction of sp³-hybridized carbons (Fsp3) is 0.387. The molecular weight excluding hydrogens is 677 g/mol. The highest BCUT2D eigenvalue weighted by Gasteiger charge is 2.34. The number of aromatic nitrogens is 4. The van der Waals surface area contributed by atoms with Gasteiger partial charge in [0.25, 0.3) is 0 Å². The lowest BCUT2D eigenvalue weighted by Crippen LogP contribution is -2.37. The Morgan fingerprint density at radius 3 is 2.42 bits per heavy atom. The minimum absolute atomic E-state index is 0.250. The van der Waals surface area contributed by atoms with E-state index >= 15 is 0 Å². The summed E-state index contributed by atoms with van der Waals surface area (Å²) in [5, 5.41) is 22.0. The molecule has 2 aromatic heterocycles. The van der Waals surface area contributed by atoms with Crippen LogP contribution >= 0.6 is 30.3 Å². The summed E-state index contributed by atoms with van der Waals surface area (Å²) in [6, 6.07) is 10.4. The molecule has 10 nitrogen and oxygen atoms in total. The zero-order valence-corrected chi connectivity index (χ0v) is 28.9. The van der Waals surface area contributed by atoms with Crippen LogP contribution in [0, 0.1) is 25.7 Å². The van der Waals surface area contributed by atoms with Crippen molar-refractivity contribution in [2.24, 2.45) is 18.7 Å². The van der Waals surface area contributed by atoms with E-state index in [0.29, 0.717) is 12.5 Å². The molecule has 0 bridgehead atoms. The molecule has 12 heteroatoms. The fourth-order valence-electron chi connectivity index (χ4n) is 4.26. The number of allylic oxidation sites excluding steroid dienone is 3. The molecule has 0 radical (unpaired) electrons. The zero-order chi connectivity index (χ0) is 32.8. The lowest BCUT2D eigenvalue weighted by atomic mass is 10.0. The largest absolute Gasteiger partial charge is 0.389 e. The van der Waals surface area contributed by atoms with Gasteiger partial charge < -0.3 is 20.9 Å². The van der Waals surface area contributed by atoms with Crippen molar-refractivity contribution in [1.29, 1.82) is 0 Å². The molecule has 1 amide bonds. The Morgan fingerprint density at radius 2 is 1.98 bits per heavy atom. The second-order valence-corrected chi connectivity index (χ2v) is 11.0. The van der Waals surface area contributed by atoms with E-state index < -0.39 is 0 Å². The molecule has 1 aliphatic heterocycles. The van der Waals surface area contributed by atoms with Crippen LogP contribution < -0.4 is 11.1 Å². The lowest BCUT2D eigenvalue weighted by molar-refractivity contribution is -0.106. The van der Waals surface area contributed by atoms with Gasteiger partial charge in [0.2, 0.25) is 6.41 Å². The van der Waals surface area contributed by atoms with Crippen molar-refractivity contribution in [2.75, 3.05) is 32.6 Å². The number of nitrogens with one attached hydrogen (secondary N) is 1. The first kappa shape index (κ1) is 39.9. The Labute approximate surface area is 273 Å². The number of terminal acetylenes is 1. The summed E-state index contributed by atoms with van der Waals surface area (Å²) >= 11 is 2.27. The number of para-hydroxylation sites is 1. The van der Waals surface area contributed by atoms with Crippen molar-refractivity contribution in [3.8, 4) is 29.8 Å². The summed E-state index contributed by atoms with van der Waals surface area (Å²) in [5.74, 6) is 1.67. The highest BCUT2D eigenvalue weighted by atomic mass is 127. The molecule has 1 aliphatic rings. The first-order valence-electron chi connectivity index (χ1n) is 13.5.